The maximum atomic E-state index is 12.5. The quantitative estimate of drug-likeness (QED) is 0.343. The van der Waals surface area contributed by atoms with E-state index in [1.807, 2.05) is 13.0 Å². The summed E-state index contributed by atoms with van der Waals surface area (Å²) in [6.45, 7) is 2.53. The van der Waals surface area contributed by atoms with Crippen molar-refractivity contribution in [2.24, 2.45) is 0 Å². The van der Waals surface area contributed by atoms with Crippen molar-refractivity contribution in [2.45, 2.75) is 13.3 Å². The van der Waals surface area contributed by atoms with Crippen LogP contribution in [0.15, 0.2) is 46.4 Å². The van der Waals surface area contributed by atoms with E-state index in [9.17, 15) is 14.9 Å². The number of halogens is 1. The van der Waals surface area contributed by atoms with E-state index in [0.717, 1.165) is 6.42 Å². The van der Waals surface area contributed by atoms with E-state index in [2.05, 4.69) is 26.0 Å². The lowest BCUT2D eigenvalue weighted by molar-refractivity contribution is -0.112. The summed E-state index contributed by atoms with van der Waals surface area (Å²) in [6.07, 6.45) is 2.30. The Kier molecular flexibility index (Phi) is 8.44. The predicted molar refractivity (Wildman–Crippen MR) is 116 cm³/mol. The van der Waals surface area contributed by atoms with E-state index in [0.29, 0.717) is 39.4 Å². The lowest BCUT2D eigenvalue weighted by atomic mass is 10.1. The van der Waals surface area contributed by atoms with Gasteiger partial charge in [0.25, 0.3) is 5.91 Å². The molecule has 30 heavy (non-hydrogen) atoms. The molecule has 0 saturated carbocycles. The number of anilines is 1. The average molecular weight is 473 g/mol. The largest absolute Gasteiger partial charge is 0.493 e. The van der Waals surface area contributed by atoms with Crippen molar-refractivity contribution in [1.29, 1.82) is 5.26 Å². The number of rotatable bonds is 8. The van der Waals surface area contributed by atoms with E-state index in [1.165, 1.54) is 32.4 Å². The number of ether oxygens (including phenoxy) is 3. The lowest BCUT2D eigenvalue weighted by Gasteiger charge is -2.13. The van der Waals surface area contributed by atoms with Gasteiger partial charge < -0.3 is 19.5 Å². The van der Waals surface area contributed by atoms with Gasteiger partial charge in [0.15, 0.2) is 11.5 Å². The molecule has 0 radical (unpaired) electrons. The van der Waals surface area contributed by atoms with Gasteiger partial charge in [-0.3, -0.25) is 4.79 Å². The predicted octanol–water partition coefficient (Wildman–Crippen LogP) is 4.58. The molecule has 0 aromatic heterocycles. The molecule has 2 aromatic carbocycles. The Morgan fingerprint density at radius 2 is 1.90 bits per heavy atom. The van der Waals surface area contributed by atoms with Crippen LogP contribution in [0, 0.1) is 11.3 Å². The van der Waals surface area contributed by atoms with Crippen molar-refractivity contribution in [3.63, 3.8) is 0 Å². The second kappa shape index (κ2) is 11.0. The zero-order valence-electron chi connectivity index (χ0n) is 16.8. The second-order valence-electron chi connectivity index (χ2n) is 6.08. The van der Waals surface area contributed by atoms with Crippen molar-refractivity contribution in [1.82, 2.24) is 0 Å². The van der Waals surface area contributed by atoms with E-state index in [-0.39, 0.29) is 5.57 Å². The molecule has 0 atom stereocenters. The molecule has 1 amide bonds. The van der Waals surface area contributed by atoms with Gasteiger partial charge in [-0.05, 0) is 70.4 Å². The van der Waals surface area contributed by atoms with Crippen molar-refractivity contribution < 1.29 is 23.8 Å². The number of benzene rings is 2. The Bertz CT molecular complexity index is 994. The maximum Gasteiger partial charge on any atom is 0.337 e. The van der Waals surface area contributed by atoms with Gasteiger partial charge in [-0.1, -0.05) is 6.92 Å². The monoisotopic (exact) mass is 472 g/mol. The molecule has 0 saturated heterocycles. The topological polar surface area (TPSA) is 97.7 Å². The van der Waals surface area contributed by atoms with Gasteiger partial charge in [-0.15, -0.1) is 0 Å². The Balaban J connectivity index is 2.24. The number of carbonyl (C=O) groups excluding carboxylic acids is 2. The summed E-state index contributed by atoms with van der Waals surface area (Å²) >= 11 is 3.44. The Morgan fingerprint density at radius 1 is 1.20 bits per heavy atom. The normalized spacial score (nSPS) is 10.7. The first kappa shape index (κ1) is 23.0. The van der Waals surface area contributed by atoms with Crippen molar-refractivity contribution >= 4 is 39.6 Å². The van der Waals surface area contributed by atoms with Gasteiger partial charge in [0.05, 0.1) is 30.9 Å². The highest BCUT2D eigenvalue weighted by Gasteiger charge is 2.14. The van der Waals surface area contributed by atoms with E-state index < -0.39 is 11.9 Å². The van der Waals surface area contributed by atoms with Crippen molar-refractivity contribution in [3.8, 4) is 17.6 Å². The van der Waals surface area contributed by atoms with Crippen LogP contribution in [0.25, 0.3) is 6.08 Å². The fourth-order valence-electron chi connectivity index (χ4n) is 2.49. The molecule has 0 aliphatic rings. The molecule has 0 bridgehead atoms. The first-order valence-corrected chi connectivity index (χ1v) is 9.84. The van der Waals surface area contributed by atoms with Crippen LogP contribution in [0.3, 0.4) is 0 Å². The smallest absolute Gasteiger partial charge is 0.337 e. The maximum absolute atomic E-state index is 12.5. The molecule has 0 aliphatic carbocycles. The molecule has 2 rings (SSSR count). The molecule has 0 spiro atoms. The molecular formula is C22H21BrN2O5. The summed E-state index contributed by atoms with van der Waals surface area (Å²) in [5.41, 5.74) is 1.29. The summed E-state index contributed by atoms with van der Waals surface area (Å²) < 4.78 is 16.3. The average Bonchev–Trinajstić information content (AvgIpc) is 2.76. The van der Waals surface area contributed by atoms with Gasteiger partial charge in [0.2, 0.25) is 0 Å². The fraction of sp³-hybridized carbons (Fsp3) is 0.227. The highest BCUT2D eigenvalue weighted by molar-refractivity contribution is 9.10. The van der Waals surface area contributed by atoms with Crippen LogP contribution in [0.2, 0.25) is 0 Å². The molecule has 0 heterocycles. The first-order valence-electron chi connectivity index (χ1n) is 9.05. The van der Waals surface area contributed by atoms with Crippen LogP contribution in [0.1, 0.15) is 29.3 Å². The third-order valence-electron chi connectivity index (χ3n) is 3.94. The number of methoxy groups -OCH3 is 2. The van der Waals surface area contributed by atoms with Gasteiger partial charge in [0.1, 0.15) is 11.6 Å². The van der Waals surface area contributed by atoms with Gasteiger partial charge in [-0.25, -0.2) is 4.79 Å². The lowest BCUT2D eigenvalue weighted by Crippen LogP contribution is -2.13. The third-order valence-corrected chi connectivity index (χ3v) is 4.53. The molecule has 2 aromatic rings. The minimum Gasteiger partial charge on any atom is -0.493 e. The van der Waals surface area contributed by atoms with Crippen LogP contribution >= 0.6 is 15.9 Å². The number of nitrogens with one attached hydrogen (secondary N) is 1. The second-order valence-corrected chi connectivity index (χ2v) is 6.93. The Labute approximate surface area is 183 Å². The van der Waals surface area contributed by atoms with Crippen LogP contribution in [0.5, 0.6) is 11.5 Å². The highest BCUT2D eigenvalue weighted by atomic mass is 79.9. The SMILES string of the molecule is CCCOc1c(Br)cc(/C=C(\C#N)C(=O)Nc2ccc(C(=O)OC)cc2)cc1OC. The Hall–Kier alpha value is -3.31. The summed E-state index contributed by atoms with van der Waals surface area (Å²) in [4.78, 5) is 24.0. The zero-order valence-corrected chi connectivity index (χ0v) is 18.4. The number of nitriles is 1. The molecule has 0 fully saturated rings. The minimum atomic E-state index is -0.579. The van der Waals surface area contributed by atoms with Crippen LogP contribution in [-0.4, -0.2) is 32.7 Å². The molecule has 8 heteroatoms. The number of amides is 1. The summed E-state index contributed by atoms with van der Waals surface area (Å²) in [5.74, 6) is -0.00795. The molecule has 1 N–H and O–H groups in total. The molecule has 156 valence electrons. The molecule has 0 unspecified atom stereocenters. The van der Waals surface area contributed by atoms with Crippen molar-refractivity contribution in [2.75, 3.05) is 26.1 Å². The van der Waals surface area contributed by atoms with Gasteiger partial charge in [0, 0.05) is 5.69 Å². The fourth-order valence-corrected chi connectivity index (χ4v) is 3.06. The standard InChI is InChI=1S/C22H21BrN2O5/c1-4-9-30-20-18(23)11-14(12-19(20)28-2)10-16(13-24)21(26)25-17-7-5-15(6-8-17)22(27)29-3/h5-8,10-12H,4,9H2,1-3H3,(H,25,26)/b16-10+. The number of hydrogen-bond donors (Lipinski definition) is 1. The third kappa shape index (κ3) is 5.84. The molecule has 7 nitrogen and oxygen atoms in total. The van der Waals surface area contributed by atoms with Crippen LogP contribution < -0.4 is 14.8 Å². The summed E-state index contributed by atoms with van der Waals surface area (Å²) in [6, 6.07) is 11.5. The summed E-state index contributed by atoms with van der Waals surface area (Å²) in [5, 5.41) is 12.1. The van der Waals surface area contributed by atoms with Crippen molar-refractivity contribution in [3.05, 3.63) is 57.6 Å². The summed E-state index contributed by atoms with van der Waals surface area (Å²) in [7, 11) is 2.81. The molecule has 0 aliphatic heterocycles. The number of nitrogens with zero attached hydrogens (tertiary/aromatic N) is 1. The number of hydrogen-bond acceptors (Lipinski definition) is 6. The zero-order chi connectivity index (χ0) is 22.1. The minimum absolute atomic E-state index is 0.0942. The van der Waals surface area contributed by atoms with E-state index in [1.54, 1.807) is 24.3 Å². The van der Waals surface area contributed by atoms with Crippen LogP contribution in [-0.2, 0) is 9.53 Å². The van der Waals surface area contributed by atoms with Crippen LogP contribution in [0.4, 0.5) is 5.69 Å². The van der Waals surface area contributed by atoms with E-state index in [4.69, 9.17) is 9.47 Å². The highest BCUT2D eigenvalue weighted by Crippen LogP contribution is 2.37. The van der Waals surface area contributed by atoms with E-state index >= 15 is 0 Å². The van der Waals surface area contributed by atoms with Gasteiger partial charge >= 0.3 is 5.97 Å². The van der Waals surface area contributed by atoms with Gasteiger partial charge in [-0.2, -0.15) is 5.26 Å². The first-order chi connectivity index (χ1) is 14.4. The molecular weight excluding hydrogens is 452 g/mol. The number of esters is 1. The Morgan fingerprint density at radius 3 is 2.47 bits per heavy atom. The number of carbonyl (C=O) groups is 2.